The number of amides is 1. The van der Waals surface area contributed by atoms with Gasteiger partial charge in [0.05, 0.1) is 30.9 Å². The number of benzene rings is 2. The molecule has 0 aromatic heterocycles. The Morgan fingerprint density at radius 3 is 2.58 bits per heavy atom. The van der Waals surface area contributed by atoms with E-state index in [-0.39, 0.29) is 22.9 Å². The van der Waals surface area contributed by atoms with Crippen LogP contribution in [0.15, 0.2) is 48.0 Å². The minimum atomic E-state index is -0.725. The summed E-state index contributed by atoms with van der Waals surface area (Å²) in [5, 5.41) is 11.8. The molecule has 1 amide bonds. The lowest BCUT2D eigenvalue weighted by Gasteiger charge is -2.35. The van der Waals surface area contributed by atoms with E-state index in [2.05, 4.69) is 0 Å². The third kappa shape index (κ3) is 4.44. The van der Waals surface area contributed by atoms with Crippen LogP contribution in [0.25, 0.3) is 5.76 Å². The Balaban J connectivity index is 1.91. The summed E-state index contributed by atoms with van der Waals surface area (Å²) >= 11 is 6.18. The summed E-state index contributed by atoms with van der Waals surface area (Å²) in [5.74, 6) is -0.576. The van der Waals surface area contributed by atoms with E-state index in [0.717, 1.165) is 32.1 Å². The number of aliphatic hydroxyl groups is 1. The van der Waals surface area contributed by atoms with E-state index in [0.29, 0.717) is 28.7 Å². The number of methoxy groups -OCH3 is 1. The lowest BCUT2D eigenvalue weighted by atomic mass is 9.90. The zero-order valence-corrected chi connectivity index (χ0v) is 19.6. The average molecular weight is 470 g/mol. The molecule has 2 aromatic rings. The van der Waals surface area contributed by atoms with Gasteiger partial charge in [-0.05, 0) is 55.7 Å². The number of hydrogen-bond acceptors (Lipinski definition) is 5. The fourth-order valence-corrected chi connectivity index (χ4v) is 5.04. The number of rotatable bonds is 6. The van der Waals surface area contributed by atoms with Gasteiger partial charge in [-0.1, -0.05) is 43.0 Å². The molecule has 0 radical (unpaired) electrons. The van der Waals surface area contributed by atoms with Crippen LogP contribution in [0.4, 0.5) is 0 Å². The lowest BCUT2D eigenvalue weighted by molar-refractivity contribution is -0.141. The number of ketones is 1. The highest BCUT2D eigenvalue weighted by atomic mass is 35.5. The van der Waals surface area contributed by atoms with Crippen molar-refractivity contribution < 1.29 is 24.2 Å². The summed E-state index contributed by atoms with van der Waals surface area (Å²) < 4.78 is 11.1. The van der Waals surface area contributed by atoms with Crippen molar-refractivity contribution in [2.45, 2.75) is 51.1 Å². The minimum Gasteiger partial charge on any atom is -0.507 e. The number of nitrogens with zero attached hydrogens (tertiary/aromatic N) is 1. The molecule has 1 atom stereocenters. The molecule has 1 N–H and O–H groups in total. The maximum atomic E-state index is 13.3. The molecular formula is C26H28ClNO5. The molecule has 7 heteroatoms. The fourth-order valence-electron chi connectivity index (χ4n) is 4.86. The molecule has 1 aliphatic heterocycles. The second kappa shape index (κ2) is 9.87. The Kier molecular flexibility index (Phi) is 6.94. The topological polar surface area (TPSA) is 76.1 Å². The second-order valence-electron chi connectivity index (χ2n) is 8.35. The molecule has 6 nitrogen and oxygen atoms in total. The molecule has 2 fully saturated rings. The highest BCUT2D eigenvalue weighted by molar-refractivity contribution is 6.46. The van der Waals surface area contributed by atoms with Crippen LogP contribution < -0.4 is 9.47 Å². The first-order valence-electron chi connectivity index (χ1n) is 11.3. The van der Waals surface area contributed by atoms with Gasteiger partial charge in [0.1, 0.15) is 17.3 Å². The van der Waals surface area contributed by atoms with Crippen LogP contribution >= 0.6 is 11.6 Å². The number of carbonyl (C=O) groups is 2. The Morgan fingerprint density at radius 1 is 1.12 bits per heavy atom. The summed E-state index contributed by atoms with van der Waals surface area (Å²) in [7, 11) is 1.48. The normalized spacial score (nSPS) is 20.8. The smallest absolute Gasteiger partial charge is 0.295 e. The highest BCUT2D eigenvalue weighted by Crippen LogP contribution is 2.44. The SMILES string of the molecule is CCOc1cccc(C2/C(=C(\O)c3cc(Cl)ccc3OC)C(=O)C(=O)N2C2CCCCC2)c1. The van der Waals surface area contributed by atoms with Gasteiger partial charge in [0, 0.05) is 11.1 Å². The summed E-state index contributed by atoms with van der Waals surface area (Å²) in [6.07, 6.45) is 4.78. The van der Waals surface area contributed by atoms with Crippen LogP contribution in [0.2, 0.25) is 5.02 Å². The van der Waals surface area contributed by atoms with Crippen LogP contribution in [-0.4, -0.2) is 41.5 Å². The minimum absolute atomic E-state index is 0.0415. The maximum Gasteiger partial charge on any atom is 0.295 e. The molecule has 0 bridgehead atoms. The van der Waals surface area contributed by atoms with Crippen molar-refractivity contribution in [1.29, 1.82) is 0 Å². The van der Waals surface area contributed by atoms with E-state index in [1.165, 1.54) is 13.2 Å². The molecule has 1 saturated heterocycles. The van der Waals surface area contributed by atoms with E-state index in [1.54, 1.807) is 17.0 Å². The largest absolute Gasteiger partial charge is 0.507 e. The van der Waals surface area contributed by atoms with Gasteiger partial charge in [0.25, 0.3) is 11.7 Å². The number of carbonyl (C=O) groups excluding carboxylic acids is 2. The van der Waals surface area contributed by atoms with Crippen LogP contribution in [0.1, 0.15) is 56.2 Å². The molecule has 4 rings (SSSR count). The van der Waals surface area contributed by atoms with Crippen molar-refractivity contribution in [3.8, 4) is 11.5 Å². The average Bonchev–Trinajstić information content (AvgIpc) is 3.10. The Labute approximate surface area is 198 Å². The number of halogens is 1. The molecular weight excluding hydrogens is 442 g/mol. The zero-order valence-electron chi connectivity index (χ0n) is 18.8. The van der Waals surface area contributed by atoms with Crippen molar-refractivity contribution in [1.82, 2.24) is 4.90 Å². The molecule has 2 aliphatic rings. The van der Waals surface area contributed by atoms with Gasteiger partial charge in [-0.25, -0.2) is 0 Å². The summed E-state index contributed by atoms with van der Waals surface area (Å²) in [6, 6.07) is 11.4. The van der Waals surface area contributed by atoms with Gasteiger partial charge in [-0.3, -0.25) is 9.59 Å². The van der Waals surface area contributed by atoms with Gasteiger partial charge in [0.15, 0.2) is 0 Å². The van der Waals surface area contributed by atoms with Crippen LogP contribution in [0, 0.1) is 0 Å². The summed E-state index contributed by atoms with van der Waals surface area (Å²) in [4.78, 5) is 28.3. The van der Waals surface area contributed by atoms with Crippen molar-refractivity contribution >= 4 is 29.1 Å². The molecule has 1 aliphatic carbocycles. The third-order valence-corrected chi connectivity index (χ3v) is 6.58. The molecule has 0 spiro atoms. The first kappa shape index (κ1) is 23.2. The van der Waals surface area contributed by atoms with Gasteiger partial charge in [-0.2, -0.15) is 0 Å². The van der Waals surface area contributed by atoms with E-state index in [4.69, 9.17) is 21.1 Å². The van der Waals surface area contributed by atoms with Gasteiger partial charge in [-0.15, -0.1) is 0 Å². The Bertz CT molecular complexity index is 1090. The van der Waals surface area contributed by atoms with Crippen molar-refractivity contribution in [2.24, 2.45) is 0 Å². The van der Waals surface area contributed by atoms with E-state index in [9.17, 15) is 14.7 Å². The zero-order chi connectivity index (χ0) is 23.5. The van der Waals surface area contributed by atoms with Gasteiger partial charge in [0.2, 0.25) is 0 Å². The van der Waals surface area contributed by atoms with E-state index < -0.39 is 17.7 Å². The van der Waals surface area contributed by atoms with Crippen LogP contribution in [0.5, 0.6) is 11.5 Å². The number of hydrogen-bond donors (Lipinski definition) is 1. The second-order valence-corrected chi connectivity index (χ2v) is 8.78. The van der Waals surface area contributed by atoms with Crippen molar-refractivity contribution in [3.05, 3.63) is 64.2 Å². The maximum absolute atomic E-state index is 13.3. The third-order valence-electron chi connectivity index (χ3n) is 6.35. The van der Waals surface area contributed by atoms with Gasteiger partial charge < -0.3 is 19.5 Å². The monoisotopic (exact) mass is 469 g/mol. The molecule has 2 aromatic carbocycles. The number of ether oxygens (including phenoxy) is 2. The van der Waals surface area contributed by atoms with Crippen LogP contribution in [-0.2, 0) is 9.59 Å². The summed E-state index contributed by atoms with van der Waals surface area (Å²) in [6.45, 7) is 2.39. The Hall–Kier alpha value is -2.99. The first-order valence-corrected chi connectivity index (χ1v) is 11.7. The van der Waals surface area contributed by atoms with Crippen LogP contribution in [0.3, 0.4) is 0 Å². The highest BCUT2D eigenvalue weighted by Gasteiger charge is 2.49. The standard InChI is InChI=1S/C26H28ClNO5/c1-3-33-19-11-7-8-16(14-19)23-22(24(29)20-15-17(27)12-13-21(20)32-2)25(30)26(31)28(23)18-9-5-4-6-10-18/h7-8,11-15,18,23,29H,3-6,9-10H2,1-2H3/b24-22+. The number of Topliss-reactive ketones (excluding diaryl/α,β-unsaturated/α-hetero) is 1. The molecule has 1 unspecified atom stereocenters. The first-order chi connectivity index (χ1) is 16.0. The van der Waals surface area contributed by atoms with E-state index in [1.807, 2.05) is 31.2 Å². The predicted molar refractivity (Wildman–Crippen MR) is 127 cm³/mol. The lowest BCUT2D eigenvalue weighted by Crippen LogP contribution is -2.40. The van der Waals surface area contributed by atoms with Crippen molar-refractivity contribution in [2.75, 3.05) is 13.7 Å². The number of aliphatic hydroxyl groups excluding tert-OH is 1. The van der Waals surface area contributed by atoms with Crippen molar-refractivity contribution in [3.63, 3.8) is 0 Å². The Morgan fingerprint density at radius 2 is 1.88 bits per heavy atom. The quantitative estimate of drug-likeness (QED) is 0.343. The molecule has 33 heavy (non-hydrogen) atoms. The van der Waals surface area contributed by atoms with E-state index >= 15 is 0 Å². The molecule has 1 heterocycles. The predicted octanol–water partition coefficient (Wildman–Crippen LogP) is 5.50. The summed E-state index contributed by atoms with van der Waals surface area (Å²) in [5.41, 5.74) is 1.03. The molecule has 174 valence electrons. The van der Waals surface area contributed by atoms with Gasteiger partial charge >= 0.3 is 0 Å². The number of likely N-dealkylation sites (tertiary alicyclic amines) is 1. The fraction of sp³-hybridized carbons (Fsp3) is 0.385. The molecule has 1 saturated carbocycles.